The quantitative estimate of drug-likeness (QED) is 0.882. The van der Waals surface area contributed by atoms with E-state index in [1.807, 2.05) is 0 Å². The van der Waals surface area contributed by atoms with Gasteiger partial charge in [0, 0.05) is 18.8 Å². The van der Waals surface area contributed by atoms with Gasteiger partial charge >= 0.3 is 0 Å². The third kappa shape index (κ3) is 3.51. The maximum atomic E-state index is 12.1. The highest BCUT2D eigenvalue weighted by Crippen LogP contribution is 2.16. The molecule has 0 fully saturated rings. The number of benzene rings is 1. The molecule has 7 nitrogen and oxygen atoms in total. The molecular weight excluding hydrogens is 280 g/mol. The van der Waals surface area contributed by atoms with Crippen LogP contribution in [0.2, 0.25) is 0 Å². The minimum absolute atomic E-state index is 0.0743. The highest BCUT2D eigenvalue weighted by molar-refractivity contribution is 7.92. The minimum atomic E-state index is -3.71. The van der Waals surface area contributed by atoms with Crippen LogP contribution in [0, 0.1) is 0 Å². The molecule has 1 amide bonds. The van der Waals surface area contributed by atoms with Crippen molar-refractivity contribution in [2.75, 3.05) is 10.0 Å². The molecule has 0 bridgehead atoms. The number of nitrogens with zero attached hydrogens (tertiary/aromatic N) is 2. The van der Waals surface area contributed by atoms with E-state index in [1.54, 1.807) is 0 Å². The monoisotopic (exact) mass is 292 g/mol. The van der Waals surface area contributed by atoms with Gasteiger partial charge in [0.1, 0.15) is 12.1 Å². The number of rotatable bonds is 4. The third-order valence-corrected chi connectivity index (χ3v) is 3.68. The van der Waals surface area contributed by atoms with Gasteiger partial charge in [0.25, 0.3) is 10.0 Å². The van der Waals surface area contributed by atoms with Crippen LogP contribution in [0.5, 0.6) is 0 Å². The summed E-state index contributed by atoms with van der Waals surface area (Å²) in [5.41, 5.74) is 0.526. The SMILES string of the molecule is CC(=O)Nc1ccc(S(=O)(=O)Nc2ccncn2)cc1. The lowest BCUT2D eigenvalue weighted by molar-refractivity contribution is -0.114. The van der Waals surface area contributed by atoms with Crippen molar-refractivity contribution in [2.45, 2.75) is 11.8 Å². The zero-order chi connectivity index (χ0) is 14.6. The molecule has 0 spiro atoms. The van der Waals surface area contributed by atoms with Crippen LogP contribution in [-0.4, -0.2) is 24.3 Å². The van der Waals surface area contributed by atoms with E-state index in [1.165, 1.54) is 49.8 Å². The average Bonchev–Trinajstić information content (AvgIpc) is 2.39. The molecule has 0 aliphatic rings. The number of nitrogens with one attached hydrogen (secondary N) is 2. The molecule has 8 heteroatoms. The fourth-order valence-electron chi connectivity index (χ4n) is 1.47. The van der Waals surface area contributed by atoms with Crippen molar-refractivity contribution >= 4 is 27.4 Å². The zero-order valence-corrected chi connectivity index (χ0v) is 11.4. The fraction of sp³-hybridized carbons (Fsp3) is 0.0833. The molecule has 104 valence electrons. The van der Waals surface area contributed by atoms with E-state index in [0.29, 0.717) is 5.69 Å². The third-order valence-electron chi connectivity index (χ3n) is 2.31. The normalized spacial score (nSPS) is 10.8. The molecule has 0 saturated carbocycles. The van der Waals surface area contributed by atoms with Gasteiger partial charge in [0.05, 0.1) is 4.90 Å². The Morgan fingerprint density at radius 3 is 2.40 bits per heavy atom. The van der Waals surface area contributed by atoms with Crippen molar-refractivity contribution in [1.29, 1.82) is 0 Å². The minimum Gasteiger partial charge on any atom is -0.326 e. The van der Waals surface area contributed by atoms with E-state index in [0.717, 1.165) is 0 Å². The summed E-state index contributed by atoms with van der Waals surface area (Å²) in [6, 6.07) is 7.26. The number of hydrogen-bond acceptors (Lipinski definition) is 5. The number of sulfonamides is 1. The molecular formula is C12H12N4O3S. The Kier molecular flexibility index (Phi) is 3.94. The van der Waals surface area contributed by atoms with Crippen LogP contribution in [0.25, 0.3) is 0 Å². The van der Waals surface area contributed by atoms with Crippen molar-refractivity contribution in [3.63, 3.8) is 0 Å². The van der Waals surface area contributed by atoms with Gasteiger partial charge < -0.3 is 5.32 Å². The fourth-order valence-corrected chi connectivity index (χ4v) is 2.48. The highest BCUT2D eigenvalue weighted by atomic mass is 32.2. The van der Waals surface area contributed by atoms with Crippen molar-refractivity contribution in [3.8, 4) is 0 Å². The topological polar surface area (TPSA) is 101 Å². The molecule has 1 heterocycles. The van der Waals surface area contributed by atoms with Crippen LogP contribution in [0.4, 0.5) is 11.5 Å². The molecule has 2 N–H and O–H groups in total. The number of amides is 1. The summed E-state index contributed by atoms with van der Waals surface area (Å²) in [6.07, 6.45) is 2.68. The average molecular weight is 292 g/mol. The molecule has 20 heavy (non-hydrogen) atoms. The predicted molar refractivity (Wildman–Crippen MR) is 73.6 cm³/mol. The van der Waals surface area contributed by atoms with Crippen LogP contribution < -0.4 is 10.0 Å². The van der Waals surface area contributed by atoms with Crippen molar-refractivity contribution in [2.24, 2.45) is 0 Å². The van der Waals surface area contributed by atoms with Crippen LogP contribution in [-0.2, 0) is 14.8 Å². The van der Waals surface area contributed by atoms with E-state index in [2.05, 4.69) is 20.0 Å². The maximum Gasteiger partial charge on any atom is 0.263 e. The lowest BCUT2D eigenvalue weighted by Gasteiger charge is -2.08. The van der Waals surface area contributed by atoms with Crippen LogP contribution in [0.1, 0.15) is 6.92 Å². The van der Waals surface area contributed by atoms with Crippen molar-refractivity contribution < 1.29 is 13.2 Å². The van der Waals surface area contributed by atoms with Crippen LogP contribution in [0.3, 0.4) is 0 Å². The summed E-state index contributed by atoms with van der Waals surface area (Å²) in [5, 5.41) is 2.56. The van der Waals surface area contributed by atoms with E-state index in [-0.39, 0.29) is 16.6 Å². The second-order valence-electron chi connectivity index (χ2n) is 3.91. The Labute approximate surface area is 116 Å². The Hall–Kier alpha value is -2.48. The van der Waals surface area contributed by atoms with Gasteiger partial charge in [-0.3, -0.25) is 9.52 Å². The summed E-state index contributed by atoms with van der Waals surface area (Å²) < 4.78 is 26.5. The molecule has 0 radical (unpaired) electrons. The van der Waals surface area contributed by atoms with E-state index in [9.17, 15) is 13.2 Å². The molecule has 0 saturated heterocycles. The molecule has 1 aromatic carbocycles. The molecule has 0 aliphatic carbocycles. The molecule has 2 rings (SSSR count). The number of carbonyl (C=O) groups excluding carboxylic acids is 1. The number of anilines is 2. The van der Waals surface area contributed by atoms with Gasteiger partial charge in [-0.2, -0.15) is 0 Å². The first kappa shape index (κ1) is 13.9. The first-order valence-corrected chi connectivity index (χ1v) is 7.12. The highest BCUT2D eigenvalue weighted by Gasteiger charge is 2.14. The number of carbonyl (C=O) groups is 1. The van der Waals surface area contributed by atoms with Gasteiger partial charge in [-0.05, 0) is 30.3 Å². The van der Waals surface area contributed by atoms with Crippen molar-refractivity contribution in [1.82, 2.24) is 9.97 Å². The maximum absolute atomic E-state index is 12.1. The standard InChI is InChI=1S/C12H12N4O3S/c1-9(17)15-10-2-4-11(5-3-10)20(18,19)16-12-6-7-13-8-14-12/h2-8H,1H3,(H,15,17)(H,13,14,16). The summed E-state index contributed by atoms with van der Waals surface area (Å²) >= 11 is 0. The number of hydrogen-bond donors (Lipinski definition) is 2. The summed E-state index contributed by atoms with van der Waals surface area (Å²) in [4.78, 5) is 18.4. The van der Waals surface area contributed by atoms with E-state index >= 15 is 0 Å². The van der Waals surface area contributed by atoms with Crippen molar-refractivity contribution in [3.05, 3.63) is 42.9 Å². The molecule has 0 aliphatic heterocycles. The lowest BCUT2D eigenvalue weighted by Crippen LogP contribution is -2.14. The first-order valence-electron chi connectivity index (χ1n) is 5.64. The second-order valence-corrected chi connectivity index (χ2v) is 5.59. The summed E-state index contributed by atoms with van der Waals surface area (Å²) in [5.74, 6) is -0.0364. The first-order chi connectivity index (χ1) is 9.47. The van der Waals surface area contributed by atoms with Crippen LogP contribution in [0.15, 0.2) is 47.8 Å². The van der Waals surface area contributed by atoms with Crippen LogP contribution >= 0.6 is 0 Å². The van der Waals surface area contributed by atoms with Gasteiger partial charge in [-0.1, -0.05) is 0 Å². The van der Waals surface area contributed by atoms with Gasteiger partial charge in [0.2, 0.25) is 5.91 Å². The van der Waals surface area contributed by atoms with Gasteiger partial charge in [-0.15, -0.1) is 0 Å². The molecule has 0 atom stereocenters. The lowest BCUT2D eigenvalue weighted by atomic mass is 10.3. The predicted octanol–water partition coefficient (Wildman–Crippen LogP) is 1.24. The molecule has 1 aromatic heterocycles. The summed E-state index contributed by atoms with van der Waals surface area (Å²) in [6.45, 7) is 1.38. The van der Waals surface area contributed by atoms with Gasteiger partial charge in [0.15, 0.2) is 0 Å². The smallest absolute Gasteiger partial charge is 0.263 e. The molecule has 2 aromatic rings. The Balaban J connectivity index is 2.19. The Morgan fingerprint density at radius 2 is 1.85 bits per heavy atom. The second kappa shape index (κ2) is 5.66. The Bertz CT molecular complexity index is 699. The zero-order valence-electron chi connectivity index (χ0n) is 10.6. The van der Waals surface area contributed by atoms with E-state index < -0.39 is 10.0 Å². The molecule has 0 unspecified atom stereocenters. The summed E-state index contributed by atoms with van der Waals surface area (Å²) in [7, 11) is -3.71. The largest absolute Gasteiger partial charge is 0.326 e. The van der Waals surface area contributed by atoms with E-state index in [4.69, 9.17) is 0 Å². The number of aromatic nitrogens is 2. The van der Waals surface area contributed by atoms with Gasteiger partial charge in [-0.25, -0.2) is 18.4 Å². The Morgan fingerprint density at radius 1 is 1.15 bits per heavy atom.